The van der Waals surface area contributed by atoms with E-state index in [0.29, 0.717) is 79.3 Å². The van der Waals surface area contributed by atoms with Crippen molar-refractivity contribution in [3.8, 4) is 17.2 Å². The largest absolute Gasteiger partial charge is 0.494 e. The summed E-state index contributed by atoms with van der Waals surface area (Å²) < 4.78 is 47.2. The van der Waals surface area contributed by atoms with Crippen LogP contribution in [0.1, 0.15) is 35.1 Å². The van der Waals surface area contributed by atoms with Crippen molar-refractivity contribution in [3.05, 3.63) is 76.3 Å². The first kappa shape index (κ1) is 30.2. The van der Waals surface area contributed by atoms with E-state index < -0.39 is 17.6 Å². The molecular weight excluding hydrogens is 631 g/mol. The molecule has 0 amide bonds. The molecule has 246 valence electrons. The minimum atomic E-state index is -1.36. The molecule has 4 aromatic rings. The highest BCUT2D eigenvalue weighted by Crippen LogP contribution is 2.51. The number of carbonyl (C=O) groups is 1. The Balaban J connectivity index is 1.09. The van der Waals surface area contributed by atoms with Crippen LogP contribution in [0.15, 0.2) is 48.5 Å². The fraction of sp³-hybridized carbons (Fsp3) is 0.412. The number of carboxylic acid groups (broad SMARTS) is 1. The molecule has 3 saturated heterocycles. The Bertz CT molecular complexity index is 1880. The summed E-state index contributed by atoms with van der Waals surface area (Å²) in [5, 5.41) is 10.1. The third kappa shape index (κ3) is 5.14. The van der Waals surface area contributed by atoms with E-state index in [1.807, 2.05) is 18.2 Å². The maximum Gasteiger partial charge on any atom is 0.335 e. The molecule has 47 heavy (non-hydrogen) atoms. The van der Waals surface area contributed by atoms with Crippen LogP contribution in [-0.2, 0) is 28.4 Å². The lowest BCUT2D eigenvalue weighted by Gasteiger charge is -2.44. The Morgan fingerprint density at radius 2 is 1.98 bits per heavy atom. The number of fused-ring (bicyclic) bond motifs is 3. The highest BCUT2D eigenvalue weighted by Gasteiger charge is 2.46. The number of aromatic nitrogens is 2. The number of aromatic carboxylic acids is 1. The first-order valence-corrected chi connectivity index (χ1v) is 16.1. The number of rotatable bonds is 8. The predicted octanol–water partition coefficient (Wildman–Crippen LogP) is 5.06. The quantitative estimate of drug-likeness (QED) is 0.275. The van der Waals surface area contributed by atoms with Gasteiger partial charge in [0.05, 0.1) is 73.9 Å². The number of hydrogen-bond acceptors (Lipinski definition) is 9. The number of halogens is 2. The minimum Gasteiger partial charge on any atom is -0.494 e. The van der Waals surface area contributed by atoms with Crippen molar-refractivity contribution >= 4 is 34.3 Å². The van der Waals surface area contributed by atoms with E-state index in [1.54, 1.807) is 25.1 Å². The Morgan fingerprint density at radius 1 is 1.15 bits per heavy atom. The summed E-state index contributed by atoms with van der Waals surface area (Å²) in [6.07, 6.45) is 0.975. The van der Waals surface area contributed by atoms with Crippen LogP contribution in [0, 0.1) is 5.82 Å². The molecule has 4 atom stereocenters. The molecule has 11 nitrogen and oxygen atoms in total. The highest BCUT2D eigenvalue weighted by molar-refractivity contribution is 6.30. The monoisotopic (exact) mass is 664 g/mol. The summed E-state index contributed by atoms with van der Waals surface area (Å²) in [4.78, 5) is 21.6. The molecule has 1 aromatic heterocycles. The SMILES string of the molecule is COc1cc(C(=O)O)cc2c1nc(CN1CCN(c3cccc4c3O[C@](C)(c3ccc(Cl)cc3F)O4)[C@H]3COC[C@H]31)n2C[C@@H]1CCO1. The normalized spacial score (nSPS) is 25.2. The van der Waals surface area contributed by atoms with Gasteiger partial charge >= 0.3 is 5.97 Å². The van der Waals surface area contributed by atoms with Crippen LogP contribution in [0.2, 0.25) is 5.02 Å². The Kier molecular flexibility index (Phi) is 7.43. The molecule has 0 radical (unpaired) electrons. The molecule has 0 unspecified atom stereocenters. The van der Waals surface area contributed by atoms with Gasteiger partial charge < -0.3 is 38.3 Å². The molecule has 0 aliphatic carbocycles. The van der Waals surface area contributed by atoms with Crippen molar-refractivity contribution in [3.63, 3.8) is 0 Å². The summed E-state index contributed by atoms with van der Waals surface area (Å²) in [5.74, 6) is -0.544. The lowest BCUT2D eigenvalue weighted by Crippen LogP contribution is -2.59. The van der Waals surface area contributed by atoms with Crippen LogP contribution in [0.5, 0.6) is 17.2 Å². The third-order valence-corrected chi connectivity index (χ3v) is 9.93. The van der Waals surface area contributed by atoms with Crippen LogP contribution in [-0.4, -0.2) is 83.7 Å². The zero-order chi connectivity index (χ0) is 32.4. The van der Waals surface area contributed by atoms with E-state index >= 15 is 0 Å². The van der Waals surface area contributed by atoms with E-state index in [1.165, 1.54) is 19.2 Å². The van der Waals surface area contributed by atoms with Crippen LogP contribution in [0.3, 0.4) is 0 Å². The molecule has 13 heteroatoms. The zero-order valence-electron chi connectivity index (χ0n) is 25.9. The molecule has 0 saturated carbocycles. The van der Waals surface area contributed by atoms with Crippen LogP contribution in [0.4, 0.5) is 10.1 Å². The van der Waals surface area contributed by atoms with Crippen molar-refractivity contribution in [2.45, 2.75) is 50.4 Å². The number of anilines is 1. The van der Waals surface area contributed by atoms with Gasteiger partial charge in [0, 0.05) is 31.6 Å². The van der Waals surface area contributed by atoms with Crippen LogP contribution in [0.25, 0.3) is 11.0 Å². The van der Waals surface area contributed by atoms with Crippen molar-refractivity contribution < 1.29 is 38.0 Å². The summed E-state index contributed by atoms with van der Waals surface area (Å²) >= 11 is 6.01. The first-order chi connectivity index (χ1) is 22.7. The standard InChI is InChI=1S/C34H34ClFN4O7/c1-34(22-7-6-20(35)14-23(22)36)46-28-5-3-4-24(32(28)47-34)39-10-9-38(26-17-44-18-27(26)39)16-30-37-31-25(40(30)15-21-8-11-45-21)12-19(33(41)42)13-29(31)43-2/h3-7,12-14,21,26-27H,8-11,15-18H2,1-2H3,(H,41,42)/t21-,26+,27-,34+/m0/s1. The lowest BCUT2D eigenvalue weighted by molar-refractivity contribution is -0.0705. The molecule has 5 heterocycles. The number of para-hydroxylation sites is 1. The van der Waals surface area contributed by atoms with Crippen molar-refractivity contribution in [2.75, 3.05) is 44.9 Å². The maximum atomic E-state index is 15.0. The van der Waals surface area contributed by atoms with E-state index in [4.69, 9.17) is 40.3 Å². The molecule has 1 N–H and O–H groups in total. The second kappa shape index (κ2) is 11.6. The second-order valence-electron chi connectivity index (χ2n) is 12.5. The number of nitrogens with zero attached hydrogens (tertiary/aromatic N) is 4. The molecule has 0 spiro atoms. The Labute approximate surface area is 275 Å². The molecule has 4 aliphatic rings. The van der Waals surface area contributed by atoms with Gasteiger partial charge in [0.25, 0.3) is 5.79 Å². The molecule has 0 bridgehead atoms. The number of imidazole rings is 1. The van der Waals surface area contributed by atoms with E-state index in [9.17, 15) is 14.3 Å². The lowest BCUT2D eigenvalue weighted by atomic mass is 10.0. The van der Waals surface area contributed by atoms with Gasteiger partial charge in [-0.3, -0.25) is 4.90 Å². The number of ether oxygens (including phenoxy) is 5. The van der Waals surface area contributed by atoms with Crippen molar-refractivity contribution in [1.82, 2.24) is 14.5 Å². The van der Waals surface area contributed by atoms with Crippen molar-refractivity contribution in [2.24, 2.45) is 0 Å². The summed E-state index contributed by atoms with van der Waals surface area (Å²) in [6, 6.07) is 13.5. The average molecular weight is 665 g/mol. The number of hydrogen-bond donors (Lipinski definition) is 1. The molecule has 8 rings (SSSR count). The minimum absolute atomic E-state index is 0.0129. The van der Waals surface area contributed by atoms with Gasteiger partial charge in [0.2, 0.25) is 0 Å². The first-order valence-electron chi connectivity index (χ1n) is 15.7. The smallest absolute Gasteiger partial charge is 0.335 e. The zero-order valence-corrected chi connectivity index (χ0v) is 26.7. The molecular formula is C34H34ClFN4O7. The molecule has 4 aliphatic heterocycles. The van der Waals surface area contributed by atoms with Gasteiger partial charge in [0.1, 0.15) is 22.9 Å². The van der Waals surface area contributed by atoms with Crippen LogP contribution < -0.4 is 19.1 Å². The van der Waals surface area contributed by atoms with Crippen molar-refractivity contribution in [1.29, 1.82) is 0 Å². The van der Waals surface area contributed by atoms with E-state index in [0.717, 1.165) is 17.9 Å². The predicted molar refractivity (Wildman–Crippen MR) is 170 cm³/mol. The third-order valence-electron chi connectivity index (χ3n) is 9.70. The van der Waals surface area contributed by atoms with E-state index in [2.05, 4.69) is 14.4 Å². The highest BCUT2D eigenvalue weighted by atomic mass is 35.5. The van der Waals surface area contributed by atoms with Gasteiger partial charge in [0.15, 0.2) is 11.5 Å². The topological polar surface area (TPSA) is 108 Å². The average Bonchev–Trinajstić information content (AvgIpc) is 3.74. The number of methoxy groups -OCH3 is 1. The Hall–Kier alpha value is -4.10. The van der Waals surface area contributed by atoms with Gasteiger partial charge in [-0.05, 0) is 48.9 Å². The Morgan fingerprint density at radius 3 is 2.72 bits per heavy atom. The summed E-state index contributed by atoms with van der Waals surface area (Å²) in [6.45, 7) is 5.97. The number of benzene rings is 3. The fourth-order valence-electron chi connectivity index (χ4n) is 7.20. The van der Waals surface area contributed by atoms with Gasteiger partial charge in [-0.15, -0.1) is 0 Å². The molecule has 3 fully saturated rings. The van der Waals surface area contributed by atoms with Crippen LogP contribution >= 0.6 is 11.6 Å². The van der Waals surface area contributed by atoms with Gasteiger partial charge in [-0.1, -0.05) is 17.7 Å². The van der Waals surface area contributed by atoms with Gasteiger partial charge in [-0.25, -0.2) is 14.2 Å². The second-order valence-corrected chi connectivity index (χ2v) is 12.9. The molecule has 3 aromatic carbocycles. The van der Waals surface area contributed by atoms with Gasteiger partial charge in [-0.2, -0.15) is 0 Å². The number of carboxylic acids is 1. The maximum absolute atomic E-state index is 15.0. The summed E-state index contributed by atoms with van der Waals surface area (Å²) in [5.41, 5.74) is 2.61. The summed E-state index contributed by atoms with van der Waals surface area (Å²) in [7, 11) is 1.53. The number of piperazine rings is 1. The fourth-order valence-corrected chi connectivity index (χ4v) is 7.36. The van der Waals surface area contributed by atoms with E-state index in [-0.39, 0.29) is 29.3 Å².